The maximum atomic E-state index is 12.5. The van der Waals surface area contributed by atoms with Crippen molar-refractivity contribution in [3.63, 3.8) is 0 Å². The molecule has 3 aliphatic heterocycles. The predicted molar refractivity (Wildman–Crippen MR) is 499 cm³/mol. The Morgan fingerprint density at radius 1 is 0.524 bits per heavy atom. The lowest BCUT2D eigenvalue weighted by molar-refractivity contribution is -0.668. The number of thiazole rings is 3. The maximum absolute atomic E-state index is 12.5. The summed E-state index contributed by atoms with van der Waals surface area (Å²) < 4.78 is 160. The Morgan fingerprint density at radius 3 is 1.54 bits per heavy atom. The van der Waals surface area contributed by atoms with E-state index in [1.165, 1.54) is 39.5 Å². The Morgan fingerprint density at radius 2 is 1.01 bits per heavy atom. The number of rotatable bonds is 33. The van der Waals surface area contributed by atoms with Crippen LogP contribution in [0.1, 0.15) is 114 Å². The third kappa shape index (κ3) is 24.2. The van der Waals surface area contributed by atoms with E-state index in [0.717, 1.165) is 163 Å². The van der Waals surface area contributed by atoms with E-state index >= 15 is 0 Å². The molecule has 1 atom stereocenters. The third-order valence-electron chi connectivity index (χ3n) is 20.7. The van der Waals surface area contributed by atoms with Gasteiger partial charge >= 0.3 is 0 Å². The maximum Gasteiger partial charge on any atom is 0.267 e. The molecule has 8 aromatic carbocycles. The van der Waals surface area contributed by atoms with Gasteiger partial charge in [-0.1, -0.05) is 188 Å². The molecule has 23 nitrogen and oxygen atoms in total. The van der Waals surface area contributed by atoms with E-state index in [2.05, 4.69) is 95.0 Å². The zero-order valence-electron chi connectivity index (χ0n) is 70.0. The van der Waals surface area contributed by atoms with Crippen LogP contribution in [0.4, 0.5) is 17.1 Å². The number of aromatic nitrogens is 3. The van der Waals surface area contributed by atoms with Crippen LogP contribution >= 0.6 is 69.0 Å². The van der Waals surface area contributed by atoms with E-state index in [0.29, 0.717) is 60.6 Å². The molecular formula is C91H97Cl2N7O16S8. The zero-order chi connectivity index (χ0) is 88.8. The van der Waals surface area contributed by atoms with Gasteiger partial charge in [-0.15, -0.1) is 0 Å². The second-order valence-corrected chi connectivity index (χ2v) is 41.1. The van der Waals surface area contributed by atoms with E-state index in [1.54, 1.807) is 37.3 Å². The van der Waals surface area contributed by atoms with Crippen molar-refractivity contribution in [1.82, 2.24) is 0 Å². The van der Waals surface area contributed by atoms with Crippen molar-refractivity contribution in [2.24, 2.45) is 4.40 Å². The summed E-state index contributed by atoms with van der Waals surface area (Å²) in [5.74, 6) is 2.28. The Kier molecular flexibility index (Phi) is 31.6. The number of benzene rings is 8. The van der Waals surface area contributed by atoms with Crippen LogP contribution in [-0.4, -0.2) is 110 Å². The van der Waals surface area contributed by atoms with Crippen molar-refractivity contribution in [3.05, 3.63) is 247 Å². The topological polar surface area (TPSA) is 297 Å². The lowest BCUT2D eigenvalue weighted by atomic mass is 10.0. The number of thioether (sulfide) groups is 1. The smallest absolute Gasteiger partial charge is 0.267 e. The highest BCUT2D eigenvalue weighted by atomic mass is 35.5. The number of sulfonamides is 1. The van der Waals surface area contributed by atoms with Gasteiger partial charge in [0.05, 0.1) is 74.1 Å². The van der Waals surface area contributed by atoms with Gasteiger partial charge in [0.2, 0.25) is 38.3 Å². The van der Waals surface area contributed by atoms with Gasteiger partial charge in [-0.2, -0.15) is 26.5 Å². The van der Waals surface area contributed by atoms with E-state index in [-0.39, 0.29) is 25.8 Å². The van der Waals surface area contributed by atoms with Gasteiger partial charge in [-0.05, 0) is 158 Å². The summed E-state index contributed by atoms with van der Waals surface area (Å²) in [4.78, 5) is 7.72. The molecule has 1 N–H and O–H groups in total. The quantitative estimate of drug-likeness (QED) is 0.0173. The molecule has 0 amide bonds. The Balaban J connectivity index is 0.000000172. The van der Waals surface area contributed by atoms with Crippen LogP contribution in [0.15, 0.2) is 231 Å². The number of fused-ring (bicyclic) bond motifs is 6. The van der Waals surface area contributed by atoms with Gasteiger partial charge < -0.3 is 47.9 Å². The molecule has 1 unspecified atom stereocenters. The number of allylic oxidation sites excluding steroid dienone is 6. The number of para-hydroxylation sites is 1. The Labute approximate surface area is 751 Å². The minimum absolute atomic E-state index is 0.137. The lowest BCUT2D eigenvalue weighted by Gasteiger charge is -2.20. The van der Waals surface area contributed by atoms with Gasteiger partial charge in [0.15, 0.2) is 42.6 Å². The minimum atomic E-state index is -4.38. The number of halogens is 2. The number of nitrogens with zero attached hydrogens (tertiary/aromatic N) is 7. The first-order valence-electron chi connectivity index (χ1n) is 40.5. The number of methoxy groups -OCH3 is 2. The monoisotopic (exact) mass is 1870 g/mol. The van der Waals surface area contributed by atoms with Gasteiger partial charge in [0.1, 0.15) is 14.1 Å². The van der Waals surface area contributed by atoms with Crippen molar-refractivity contribution in [3.8, 4) is 45.3 Å². The first-order valence-corrected chi connectivity index (χ1v) is 51.0. The van der Waals surface area contributed by atoms with Crippen LogP contribution in [0, 0.1) is 0 Å². The summed E-state index contributed by atoms with van der Waals surface area (Å²) in [7, 11) is -13.5. The minimum Gasteiger partial charge on any atom is -0.857 e. The van der Waals surface area contributed by atoms with Crippen molar-refractivity contribution < 1.29 is 85.1 Å². The fraction of sp³-hybridized carbons (Fsp3) is 0.297. The Bertz CT molecular complexity index is 6470. The van der Waals surface area contributed by atoms with Crippen molar-refractivity contribution >= 4 is 181 Å². The number of anilines is 3. The second kappa shape index (κ2) is 41.8. The molecular weight excluding hydrogens is 1770 g/mol. The molecule has 0 saturated heterocycles. The molecule has 0 spiro atoms. The summed E-state index contributed by atoms with van der Waals surface area (Å²) in [6, 6.07) is 55.6. The molecule has 0 bridgehead atoms. The van der Waals surface area contributed by atoms with Crippen LogP contribution in [0.3, 0.4) is 0 Å². The molecule has 3 aliphatic rings. The molecule has 0 aliphatic carbocycles. The number of hydrogen-bond donors (Lipinski definition) is 1. The summed E-state index contributed by atoms with van der Waals surface area (Å²) in [5, 5.41) is 16.7. The van der Waals surface area contributed by atoms with Gasteiger partial charge in [-0.25, -0.2) is 25.3 Å². The summed E-state index contributed by atoms with van der Waals surface area (Å²) in [5.41, 5.74) is 13.0. The van der Waals surface area contributed by atoms with Crippen LogP contribution in [0.5, 0.6) is 23.0 Å². The fourth-order valence-electron chi connectivity index (χ4n) is 14.3. The van der Waals surface area contributed by atoms with E-state index in [1.807, 2.05) is 179 Å². The average molecular weight is 1870 g/mol. The molecule has 6 heterocycles. The number of ether oxygens (including phenoxy) is 4. The lowest BCUT2D eigenvalue weighted by Crippen LogP contribution is -2.43. The zero-order valence-corrected chi connectivity index (χ0v) is 78.0. The second-order valence-electron chi connectivity index (χ2n) is 29.5. The molecule has 33 heteroatoms. The molecule has 14 rings (SSSR count). The normalized spacial score (nSPS) is 15.1. The fourth-order valence-corrected chi connectivity index (χ4v) is 21.1. The predicted octanol–water partition coefficient (Wildman–Crippen LogP) is 19.0. The number of aryl methyl sites for hydroxylation is 2. The standard InChI is InChI=1S/C35H40N2O9S3.C30H29N3O4S2.C26H28Cl2N2O3S3/c1-5-25(20-35-37(17-10-18-48(38,39)40)29-22-31(44-3)32(45-4)23-33(29)47-35)19-34-36(16-9-11-24(2)49(41,42)43)28-21-27(14-15-30(28)46-34)26-12-7-6-8-13-26;1-4-21(18-30-33(20-28(34)31-39(3,35)36)24-13-9-10-14-27(24)38-30)17-29-32(5-2)25-19-23(15-16-26(25)37-29)22-11-7-6-8-12-22;1-3-5-11-29-21-16-19(27)7-9-23(21)34-25(29)14-18(4-2)15-26-30(12-6-13-36(31,32)33)22-17-20(28)8-10-24(22)35-26/h6-8,12-15,19-24H,5,9-11,16-18H2,1-4H3,(H-,38,39,40,41,42,43);6-19H,4-5,20H2,1-3H3;7-10,14-17H,3-6,11-13H2,1-2H3. The first kappa shape index (κ1) is 93.7. The highest BCUT2D eigenvalue weighted by molar-refractivity contribution is 8.03. The molecule has 11 aromatic rings. The van der Waals surface area contributed by atoms with Crippen molar-refractivity contribution in [2.75, 3.05) is 66.3 Å². The molecule has 0 saturated carbocycles. The molecule has 654 valence electrons. The van der Waals surface area contributed by atoms with Crippen molar-refractivity contribution in [2.45, 2.75) is 129 Å². The first-order chi connectivity index (χ1) is 59.2. The van der Waals surface area contributed by atoms with Crippen molar-refractivity contribution in [1.29, 1.82) is 0 Å². The molecule has 124 heavy (non-hydrogen) atoms. The largest absolute Gasteiger partial charge is 0.857 e. The van der Waals surface area contributed by atoms with E-state index in [9.17, 15) is 52.4 Å². The van der Waals surface area contributed by atoms with Gasteiger partial charge in [0.25, 0.3) is 25.1 Å². The summed E-state index contributed by atoms with van der Waals surface area (Å²) >= 11 is 19.0. The van der Waals surface area contributed by atoms with Gasteiger partial charge in [-0.3, -0.25) is 4.55 Å². The average Bonchev–Trinajstić information content (AvgIpc) is 1.63. The summed E-state index contributed by atoms with van der Waals surface area (Å²) in [6.45, 7) is 14.6. The molecule has 0 radical (unpaired) electrons. The molecule has 0 fully saturated rings. The van der Waals surface area contributed by atoms with E-state index < -0.39 is 63.0 Å². The van der Waals surface area contributed by atoms with Crippen LogP contribution in [0.25, 0.3) is 71.1 Å². The number of unbranched alkanes of at least 4 members (excludes halogenated alkanes) is 1. The Hall–Kier alpha value is -9.45. The third-order valence-corrected chi connectivity index (χ3v) is 28.9. The highest BCUT2D eigenvalue weighted by Gasteiger charge is 2.33. The SMILES string of the molecule is CCC(/C=C1\Oc2ccc(-c3ccccc3)cc2N1CCCC(C)S(=O)(=O)O)=C\c1sc2cc(OC)c(OC)cc2[n+]1CCCS(=O)(=O)[O-].CCC(=Cc1sc2ccccc2[n+]1CC([O-])=NS(C)(=O)=O)C=C1Oc2ccc(-c3ccccc3)cc2N1CC.CCCCN1/C(=C/C(=C/c2sc3ccc(Cl)cc3[n+]2CCCS(=O)(=O)[O-])CC)Sc2ccc(Cl)cc21. The van der Waals surface area contributed by atoms with Gasteiger partial charge in [0, 0.05) is 113 Å². The van der Waals surface area contributed by atoms with Crippen LogP contribution in [-0.2, 0) is 60.0 Å². The molecule has 3 aromatic heterocycles. The van der Waals surface area contributed by atoms with E-state index in [4.69, 9.17) is 42.1 Å². The van der Waals surface area contributed by atoms with Crippen LogP contribution < -0.4 is 52.5 Å². The number of hydrogen-bond acceptors (Lipinski definition) is 22. The van der Waals surface area contributed by atoms with Crippen LogP contribution in [0.2, 0.25) is 10.0 Å². The highest BCUT2D eigenvalue weighted by Crippen LogP contribution is 2.49. The summed E-state index contributed by atoms with van der Waals surface area (Å²) in [6.07, 6.45) is 18.8.